The molecule has 1 saturated carbocycles. The second-order valence-electron chi connectivity index (χ2n) is 4.99. The van der Waals surface area contributed by atoms with Gasteiger partial charge in [0.25, 0.3) is 0 Å². The van der Waals surface area contributed by atoms with Crippen molar-refractivity contribution in [2.45, 2.75) is 25.0 Å². The SMILES string of the molecule is COC(=O)CC1(CSCc2ccc(C(=O)NN)o2)CC1. The molecular weight excluding hydrogens is 280 g/mol. The van der Waals surface area contributed by atoms with Gasteiger partial charge in [-0.25, -0.2) is 5.84 Å². The normalized spacial score (nSPS) is 15.7. The van der Waals surface area contributed by atoms with Gasteiger partial charge in [-0.05, 0) is 36.1 Å². The minimum Gasteiger partial charge on any atom is -0.469 e. The van der Waals surface area contributed by atoms with Crippen LogP contribution < -0.4 is 11.3 Å². The van der Waals surface area contributed by atoms with Crippen LogP contribution in [0.1, 0.15) is 35.6 Å². The summed E-state index contributed by atoms with van der Waals surface area (Å²) in [6, 6.07) is 3.36. The highest BCUT2D eigenvalue weighted by Crippen LogP contribution is 2.51. The van der Waals surface area contributed by atoms with Gasteiger partial charge in [0.2, 0.25) is 0 Å². The number of nitrogen functional groups attached to an aromatic ring is 1. The van der Waals surface area contributed by atoms with Crippen molar-refractivity contribution in [3.63, 3.8) is 0 Å². The molecule has 0 aliphatic heterocycles. The van der Waals surface area contributed by atoms with Gasteiger partial charge in [-0.2, -0.15) is 11.8 Å². The zero-order chi connectivity index (χ0) is 14.6. The van der Waals surface area contributed by atoms with Crippen molar-refractivity contribution >= 4 is 23.6 Å². The summed E-state index contributed by atoms with van der Waals surface area (Å²) in [5, 5.41) is 0. The first-order valence-corrected chi connectivity index (χ1v) is 7.48. The van der Waals surface area contributed by atoms with E-state index in [1.54, 1.807) is 23.9 Å². The highest BCUT2D eigenvalue weighted by molar-refractivity contribution is 7.98. The van der Waals surface area contributed by atoms with Crippen LogP contribution in [0.4, 0.5) is 0 Å². The van der Waals surface area contributed by atoms with Gasteiger partial charge in [0.15, 0.2) is 5.76 Å². The Morgan fingerprint density at radius 2 is 2.25 bits per heavy atom. The van der Waals surface area contributed by atoms with Crippen LogP contribution in [0, 0.1) is 5.41 Å². The highest BCUT2D eigenvalue weighted by Gasteiger charge is 2.44. The molecule has 110 valence electrons. The van der Waals surface area contributed by atoms with Gasteiger partial charge >= 0.3 is 11.9 Å². The smallest absolute Gasteiger partial charge is 0.306 e. The highest BCUT2D eigenvalue weighted by atomic mass is 32.2. The van der Waals surface area contributed by atoms with E-state index >= 15 is 0 Å². The molecule has 7 heteroatoms. The third-order valence-electron chi connectivity index (χ3n) is 3.37. The van der Waals surface area contributed by atoms with E-state index in [4.69, 9.17) is 15.0 Å². The Labute approximate surface area is 121 Å². The molecule has 1 fully saturated rings. The first-order valence-electron chi connectivity index (χ1n) is 6.33. The van der Waals surface area contributed by atoms with E-state index in [1.807, 2.05) is 5.43 Å². The van der Waals surface area contributed by atoms with Crippen LogP contribution in [-0.2, 0) is 15.3 Å². The number of amides is 1. The van der Waals surface area contributed by atoms with E-state index in [0.29, 0.717) is 12.2 Å². The fraction of sp³-hybridized carbons (Fsp3) is 0.538. The fourth-order valence-electron chi connectivity index (χ4n) is 1.94. The number of ether oxygens (including phenoxy) is 1. The molecule has 0 radical (unpaired) electrons. The molecule has 0 aromatic carbocycles. The minimum absolute atomic E-state index is 0.0990. The molecule has 0 unspecified atom stereocenters. The molecule has 6 nitrogen and oxygen atoms in total. The number of esters is 1. The largest absolute Gasteiger partial charge is 0.469 e. The number of carbonyl (C=O) groups is 2. The molecule has 1 aromatic rings. The van der Waals surface area contributed by atoms with E-state index < -0.39 is 5.91 Å². The van der Waals surface area contributed by atoms with Gasteiger partial charge < -0.3 is 9.15 Å². The number of nitrogens with one attached hydrogen (secondary N) is 1. The molecule has 1 heterocycles. The van der Waals surface area contributed by atoms with Gasteiger partial charge in [0.1, 0.15) is 5.76 Å². The summed E-state index contributed by atoms with van der Waals surface area (Å²) in [6.45, 7) is 0. The lowest BCUT2D eigenvalue weighted by Gasteiger charge is -2.12. The number of thioether (sulfide) groups is 1. The minimum atomic E-state index is -0.439. The van der Waals surface area contributed by atoms with E-state index in [1.165, 1.54) is 7.11 Å². The fourth-order valence-corrected chi connectivity index (χ4v) is 3.23. The quantitative estimate of drug-likeness (QED) is 0.342. The number of methoxy groups -OCH3 is 1. The second kappa shape index (κ2) is 6.32. The van der Waals surface area contributed by atoms with Crippen molar-refractivity contribution in [2.24, 2.45) is 11.3 Å². The number of hydrogen-bond acceptors (Lipinski definition) is 6. The zero-order valence-corrected chi connectivity index (χ0v) is 12.1. The number of nitrogens with two attached hydrogens (primary N) is 1. The predicted octanol–water partition coefficient (Wildman–Crippen LogP) is 1.46. The van der Waals surface area contributed by atoms with Crippen LogP contribution in [0.3, 0.4) is 0 Å². The van der Waals surface area contributed by atoms with Gasteiger partial charge in [0, 0.05) is 0 Å². The van der Waals surface area contributed by atoms with Gasteiger partial charge in [-0.15, -0.1) is 0 Å². The Hall–Kier alpha value is -1.47. The average molecular weight is 298 g/mol. The molecule has 1 aliphatic carbocycles. The maximum Gasteiger partial charge on any atom is 0.306 e. The zero-order valence-electron chi connectivity index (χ0n) is 11.3. The van der Waals surface area contributed by atoms with Crippen molar-refractivity contribution in [1.82, 2.24) is 5.43 Å². The van der Waals surface area contributed by atoms with Crippen molar-refractivity contribution in [2.75, 3.05) is 12.9 Å². The predicted molar refractivity (Wildman–Crippen MR) is 74.8 cm³/mol. The first kappa shape index (κ1) is 14.9. The number of hydrazine groups is 1. The van der Waals surface area contributed by atoms with Gasteiger partial charge in [-0.1, -0.05) is 0 Å². The lowest BCUT2D eigenvalue weighted by Crippen LogP contribution is -2.29. The molecule has 0 spiro atoms. The van der Waals surface area contributed by atoms with Crippen LogP contribution in [0.5, 0.6) is 0 Å². The number of rotatable bonds is 7. The summed E-state index contributed by atoms with van der Waals surface area (Å²) < 4.78 is 10.1. The van der Waals surface area contributed by atoms with E-state index in [0.717, 1.165) is 24.4 Å². The van der Waals surface area contributed by atoms with Crippen LogP contribution in [0.15, 0.2) is 16.5 Å². The lowest BCUT2D eigenvalue weighted by atomic mass is 10.1. The molecule has 3 N–H and O–H groups in total. The number of hydrogen-bond donors (Lipinski definition) is 2. The van der Waals surface area contributed by atoms with Crippen LogP contribution in [0.2, 0.25) is 0 Å². The van der Waals surface area contributed by atoms with Crippen molar-refractivity contribution in [3.05, 3.63) is 23.7 Å². The van der Waals surface area contributed by atoms with Gasteiger partial charge in [0.05, 0.1) is 19.3 Å². The first-order chi connectivity index (χ1) is 9.58. The summed E-state index contributed by atoms with van der Waals surface area (Å²) in [6.07, 6.45) is 2.61. The second-order valence-corrected chi connectivity index (χ2v) is 5.97. The standard InChI is InChI=1S/C13H18N2O4S/c1-18-11(16)6-13(4-5-13)8-20-7-9-2-3-10(19-9)12(17)15-14/h2-3H,4-8,14H2,1H3,(H,15,17). The third-order valence-corrected chi connectivity index (χ3v) is 4.68. The Morgan fingerprint density at radius 1 is 1.50 bits per heavy atom. The molecule has 1 aromatic heterocycles. The van der Waals surface area contributed by atoms with Crippen molar-refractivity contribution < 1.29 is 18.7 Å². The Bertz CT molecular complexity index is 496. The van der Waals surface area contributed by atoms with E-state index in [-0.39, 0.29) is 17.1 Å². The van der Waals surface area contributed by atoms with Crippen molar-refractivity contribution in [1.29, 1.82) is 0 Å². The Kier molecular flexibility index (Phi) is 4.72. The third kappa shape index (κ3) is 3.77. The van der Waals surface area contributed by atoms with Crippen molar-refractivity contribution in [3.8, 4) is 0 Å². The summed E-state index contributed by atoms with van der Waals surface area (Å²) in [5.41, 5.74) is 2.12. The van der Waals surface area contributed by atoms with Crippen LogP contribution in [-0.4, -0.2) is 24.7 Å². The van der Waals surface area contributed by atoms with E-state index in [9.17, 15) is 9.59 Å². The molecule has 1 aliphatic rings. The maximum absolute atomic E-state index is 11.3. The molecular formula is C13H18N2O4S. The number of carbonyl (C=O) groups excluding carboxylic acids is 2. The summed E-state index contributed by atoms with van der Waals surface area (Å²) in [7, 11) is 1.42. The average Bonchev–Trinajstić information content (AvgIpc) is 3.03. The summed E-state index contributed by atoms with van der Waals surface area (Å²) in [4.78, 5) is 22.5. The monoisotopic (exact) mass is 298 g/mol. The lowest BCUT2D eigenvalue weighted by molar-refractivity contribution is -0.141. The molecule has 1 amide bonds. The molecule has 0 bridgehead atoms. The molecule has 0 saturated heterocycles. The molecule has 20 heavy (non-hydrogen) atoms. The van der Waals surface area contributed by atoms with Crippen LogP contribution >= 0.6 is 11.8 Å². The topological polar surface area (TPSA) is 94.6 Å². The summed E-state index contributed by atoms with van der Waals surface area (Å²) in [5.74, 6) is 6.93. The molecule has 0 atom stereocenters. The van der Waals surface area contributed by atoms with E-state index in [2.05, 4.69) is 0 Å². The Morgan fingerprint density at radius 3 is 2.85 bits per heavy atom. The Balaban J connectivity index is 1.77. The van der Waals surface area contributed by atoms with Crippen LogP contribution in [0.25, 0.3) is 0 Å². The molecule has 2 rings (SSSR count). The maximum atomic E-state index is 11.3. The van der Waals surface area contributed by atoms with Gasteiger partial charge in [-0.3, -0.25) is 15.0 Å². The summed E-state index contributed by atoms with van der Waals surface area (Å²) >= 11 is 1.70. The number of furan rings is 1.